The van der Waals surface area contributed by atoms with Crippen molar-refractivity contribution in [2.24, 2.45) is 0 Å². The molecule has 8 nitrogen and oxygen atoms in total. The molecule has 1 atom stereocenters. The number of carbonyl (C=O) groups is 1. The monoisotopic (exact) mass is 411 g/mol. The topological polar surface area (TPSA) is 90.8 Å². The normalized spacial score (nSPS) is 16.0. The molecule has 1 aliphatic heterocycles. The van der Waals surface area contributed by atoms with Gasteiger partial charge < -0.3 is 15.5 Å². The summed E-state index contributed by atoms with van der Waals surface area (Å²) >= 11 is 0. The smallest absolute Gasteiger partial charge is 0.292 e. The first kappa shape index (κ1) is 21.7. The maximum atomic E-state index is 12.6. The zero-order valence-corrected chi connectivity index (χ0v) is 17.3. The van der Waals surface area contributed by atoms with E-state index in [0.29, 0.717) is 12.2 Å². The van der Waals surface area contributed by atoms with Gasteiger partial charge in [-0.2, -0.15) is 0 Å². The molecule has 0 bridgehead atoms. The van der Waals surface area contributed by atoms with E-state index in [1.807, 2.05) is 30.3 Å². The first-order chi connectivity index (χ1) is 14.5. The lowest BCUT2D eigenvalue weighted by Gasteiger charge is -2.35. The van der Waals surface area contributed by atoms with Crippen molar-refractivity contribution in [2.75, 3.05) is 51.6 Å². The molecule has 8 heteroatoms. The Hall–Kier alpha value is -2.97. The van der Waals surface area contributed by atoms with E-state index in [4.69, 9.17) is 0 Å². The lowest BCUT2D eigenvalue weighted by Crippen LogP contribution is -2.48. The van der Waals surface area contributed by atoms with Crippen LogP contribution in [0.3, 0.4) is 0 Å². The van der Waals surface area contributed by atoms with Gasteiger partial charge in [0, 0.05) is 51.8 Å². The number of anilines is 1. The Morgan fingerprint density at radius 3 is 2.43 bits per heavy atom. The van der Waals surface area contributed by atoms with Crippen molar-refractivity contribution in [1.82, 2.24) is 15.1 Å². The zero-order valence-electron chi connectivity index (χ0n) is 17.3. The van der Waals surface area contributed by atoms with Crippen LogP contribution >= 0.6 is 0 Å². The molecule has 0 radical (unpaired) electrons. The van der Waals surface area contributed by atoms with E-state index in [1.54, 1.807) is 18.2 Å². The lowest BCUT2D eigenvalue weighted by atomic mass is 10.1. The number of nitro benzene ring substituents is 1. The van der Waals surface area contributed by atoms with Crippen LogP contribution in [0.15, 0.2) is 54.6 Å². The number of nitro groups is 1. The van der Waals surface area contributed by atoms with Crippen molar-refractivity contribution in [3.63, 3.8) is 0 Å². The van der Waals surface area contributed by atoms with Crippen LogP contribution in [0.5, 0.6) is 0 Å². The van der Waals surface area contributed by atoms with E-state index in [0.717, 1.165) is 38.3 Å². The van der Waals surface area contributed by atoms with E-state index in [-0.39, 0.29) is 24.1 Å². The van der Waals surface area contributed by atoms with E-state index < -0.39 is 4.92 Å². The van der Waals surface area contributed by atoms with Crippen LogP contribution in [-0.2, 0) is 4.79 Å². The lowest BCUT2D eigenvalue weighted by molar-refractivity contribution is -0.384. The van der Waals surface area contributed by atoms with E-state index in [1.165, 1.54) is 6.07 Å². The predicted octanol–water partition coefficient (Wildman–Crippen LogP) is 2.50. The molecule has 1 heterocycles. The summed E-state index contributed by atoms with van der Waals surface area (Å²) < 4.78 is 0. The van der Waals surface area contributed by atoms with Gasteiger partial charge in [-0.05, 0) is 18.7 Å². The summed E-state index contributed by atoms with van der Waals surface area (Å²) in [7, 11) is 2.12. The number of hydrogen-bond acceptors (Lipinski definition) is 6. The Morgan fingerprint density at radius 1 is 1.07 bits per heavy atom. The molecule has 30 heavy (non-hydrogen) atoms. The number of amides is 1. The Balaban J connectivity index is 1.56. The van der Waals surface area contributed by atoms with Crippen LogP contribution in [0.4, 0.5) is 11.4 Å². The third-order valence-corrected chi connectivity index (χ3v) is 5.34. The summed E-state index contributed by atoms with van der Waals surface area (Å²) in [6, 6.07) is 16.4. The van der Waals surface area contributed by atoms with Gasteiger partial charge in [0.1, 0.15) is 5.69 Å². The highest BCUT2D eigenvalue weighted by Gasteiger charge is 2.21. The summed E-state index contributed by atoms with van der Waals surface area (Å²) in [6.07, 6.45) is 0.234. The van der Waals surface area contributed by atoms with Crippen molar-refractivity contribution < 1.29 is 9.72 Å². The van der Waals surface area contributed by atoms with Gasteiger partial charge in [0.2, 0.25) is 5.91 Å². The maximum Gasteiger partial charge on any atom is 0.292 e. The fourth-order valence-electron chi connectivity index (χ4n) is 3.57. The quantitative estimate of drug-likeness (QED) is 0.487. The number of rotatable bonds is 9. The molecule has 0 aromatic heterocycles. The molecule has 1 aliphatic rings. The predicted molar refractivity (Wildman–Crippen MR) is 117 cm³/mol. The zero-order chi connectivity index (χ0) is 21.3. The maximum absolute atomic E-state index is 12.6. The summed E-state index contributed by atoms with van der Waals surface area (Å²) in [5.74, 6) is -0.0796. The Morgan fingerprint density at radius 2 is 1.73 bits per heavy atom. The minimum atomic E-state index is -0.427. The third kappa shape index (κ3) is 6.27. The number of piperazine rings is 1. The molecule has 2 aromatic rings. The Kier molecular flexibility index (Phi) is 7.75. The molecule has 0 aliphatic carbocycles. The van der Waals surface area contributed by atoms with Gasteiger partial charge in [-0.25, -0.2) is 0 Å². The van der Waals surface area contributed by atoms with Gasteiger partial charge in [-0.1, -0.05) is 42.5 Å². The standard InChI is InChI=1S/C22H29N5O3/c1-25-13-15-26(16-14-25)17-20(18-7-3-2-4-8-18)24-22(28)11-12-23-19-9-5-6-10-21(19)27(29)30/h2-10,20,23H,11-17H2,1H3,(H,24,28). The number of nitrogens with one attached hydrogen (secondary N) is 2. The van der Waals surface area contributed by atoms with Crippen molar-refractivity contribution >= 4 is 17.3 Å². The van der Waals surface area contributed by atoms with Gasteiger partial charge in [-0.15, -0.1) is 0 Å². The average molecular weight is 412 g/mol. The van der Waals surface area contributed by atoms with E-state index in [2.05, 4.69) is 27.5 Å². The highest BCUT2D eigenvalue weighted by Crippen LogP contribution is 2.23. The van der Waals surface area contributed by atoms with Gasteiger partial charge in [-0.3, -0.25) is 19.8 Å². The van der Waals surface area contributed by atoms with E-state index >= 15 is 0 Å². The third-order valence-electron chi connectivity index (χ3n) is 5.34. The molecule has 0 spiro atoms. The molecule has 160 valence electrons. The number of benzene rings is 2. The van der Waals surface area contributed by atoms with Gasteiger partial charge in [0.25, 0.3) is 5.69 Å². The summed E-state index contributed by atoms with van der Waals surface area (Å²) in [6.45, 7) is 5.10. The van der Waals surface area contributed by atoms with Crippen molar-refractivity contribution in [2.45, 2.75) is 12.5 Å². The number of carbonyl (C=O) groups excluding carboxylic acids is 1. The Labute approximate surface area is 177 Å². The van der Waals surface area contributed by atoms with Gasteiger partial charge in [0.15, 0.2) is 0 Å². The van der Waals surface area contributed by atoms with Crippen LogP contribution < -0.4 is 10.6 Å². The number of nitrogens with zero attached hydrogens (tertiary/aromatic N) is 3. The van der Waals surface area contributed by atoms with Crippen molar-refractivity contribution in [3.05, 3.63) is 70.3 Å². The molecule has 2 N–H and O–H groups in total. The molecule has 1 amide bonds. The van der Waals surface area contributed by atoms with Crippen LogP contribution in [0.1, 0.15) is 18.0 Å². The molecule has 0 saturated carbocycles. The molecule has 1 fully saturated rings. The first-order valence-corrected chi connectivity index (χ1v) is 10.3. The summed E-state index contributed by atoms with van der Waals surface area (Å²) in [4.78, 5) is 28.0. The van der Waals surface area contributed by atoms with Crippen LogP contribution in [0.25, 0.3) is 0 Å². The fraction of sp³-hybridized carbons (Fsp3) is 0.409. The SMILES string of the molecule is CN1CCN(CC(NC(=O)CCNc2ccccc2[N+](=O)[O-])c2ccccc2)CC1. The molecule has 1 saturated heterocycles. The fourth-order valence-corrected chi connectivity index (χ4v) is 3.57. The molecule has 1 unspecified atom stereocenters. The largest absolute Gasteiger partial charge is 0.379 e. The summed E-state index contributed by atoms with van der Waals surface area (Å²) in [5, 5.41) is 17.3. The molecule has 2 aromatic carbocycles. The van der Waals surface area contributed by atoms with E-state index in [9.17, 15) is 14.9 Å². The van der Waals surface area contributed by atoms with Crippen LogP contribution in [0, 0.1) is 10.1 Å². The second-order valence-electron chi connectivity index (χ2n) is 7.59. The van der Waals surface area contributed by atoms with Crippen LogP contribution in [0.2, 0.25) is 0 Å². The van der Waals surface area contributed by atoms with Crippen molar-refractivity contribution in [3.8, 4) is 0 Å². The highest BCUT2D eigenvalue weighted by molar-refractivity contribution is 5.77. The number of likely N-dealkylation sites (N-methyl/N-ethyl adjacent to an activating group) is 1. The number of para-hydroxylation sites is 2. The molecular formula is C22H29N5O3. The van der Waals surface area contributed by atoms with Crippen LogP contribution in [-0.4, -0.2) is 66.9 Å². The minimum absolute atomic E-state index is 0.00939. The molecule has 3 rings (SSSR count). The average Bonchev–Trinajstić information content (AvgIpc) is 2.75. The van der Waals surface area contributed by atoms with Crippen molar-refractivity contribution in [1.29, 1.82) is 0 Å². The Bertz CT molecular complexity index is 838. The van der Waals surface area contributed by atoms with Gasteiger partial charge in [0.05, 0.1) is 11.0 Å². The highest BCUT2D eigenvalue weighted by atomic mass is 16.6. The summed E-state index contributed by atoms with van der Waals surface area (Å²) in [5.41, 5.74) is 1.51. The second kappa shape index (κ2) is 10.7. The second-order valence-corrected chi connectivity index (χ2v) is 7.59. The minimum Gasteiger partial charge on any atom is -0.379 e. The van der Waals surface area contributed by atoms with Gasteiger partial charge >= 0.3 is 0 Å². The number of hydrogen-bond donors (Lipinski definition) is 2. The molecular weight excluding hydrogens is 382 g/mol. The first-order valence-electron chi connectivity index (χ1n) is 10.3.